The van der Waals surface area contributed by atoms with E-state index in [-0.39, 0.29) is 13.0 Å². The molecule has 0 aliphatic carbocycles. The summed E-state index contributed by atoms with van der Waals surface area (Å²) < 4.78 is 31.1. The number of rotatable bonds is 3. The Bertz CT molecular complexity index is 851. The fourth-order valence-electron chi connectivity index (χ4n) is 2.40. The van der Waals surface area contributed by atoms with Crippen LogP contribution in [0.25, 0.3) is 11.3 Å². The lowest BCUT2D eigenvalue weighted by atomic mass is 9.98. The molecule has 0 fully saturated rings. The van der Waals surface area contributed by atoms with Crippen LogP contribution in [-0.2, 0) is 0 Å². The first-order chi connectivity index (χ1) is 14.8. The fourth-order valence-corrected chi connectivity index (χ4v) is 2.40. The maximum absolute atomic E-state index is 10.4. The molecule has 1 aliphatic rings. The monoisotopic (exact) mass is 433 g/mol. The number of hydrogen-bond donors (Lipinski definition) is 2. The lowest BCUT2D eigenvalue weighted by Gasteiger charge is -2.17. The number of anilines is 1. The second kappa shape index (κ2) is 14.6. The van der Waals surface area contributed by atoms with E-state index in [1.165, 1.54) is 0 Å². The van der Waals surface area contributed by atoms with Gasteiger partial charge in [-0.2, -0.15) is 18.4 Å². The van der Waals surface area contributed by atoms with Crippen LogP contribution < -0.4 is 10.6 Å². The Morgan fingerprint density at radius 2 is 1.68 bits per heavy atom. The van der Waals surface area contributed by atoms with Gasteiger partial charge in [-0.05, 0) is 12.1 Å². The molecule has 0 bridgehead atoms. The van der Waals surface area contributed by atoms with Crippen molar-refractivity contribution in [3.05, 3.63) is 59.8 Å². The van der Waals surface area contributed by atoms with Crippen LogP contribution in [0.15, 0.2) is 53.7 Å². The van der Waals surface area contributed by atoms with Crippen LogP contribution in [0.3, 0.4) is 0 Å². The maximum Gasteiger partial charge on any atom is 0.386 e. The summed E-state index contributed by atoms with van der Waals surface area (Å²) >= 11 is 0. The van der Waals surface area contributed by atoms with E-state index in [0.717, 1.165) is 16.8 Å². The highest BCUT2D eigenvalue weighted by Gasteiger charge is 2.19. The van der Waals surface area contributed by atoms with Gasteiger partial charge in [0.25, 0.3) is 0 Å². The molecule has 0 saturated carbocycles. The Hall–Kier alpha value is -3.34. The Morgan fingerprint density at radius 1 is 1.10 bits per heavy atom. The van der Waals surface area contributed by atoms with Crippen LogP contribution in [0, 0.1) is 11.3 Å². The highest BCUT2D eigenvalue weighted by molar-refractivity contribution is 5.69. The number of nitriles is 1. The third-order valence-corrected chi connectivity index (χ3v) is 3.47. The number of benzene rings is 1. The first-order valence-corrected chi connectivity index (χ1v) is 10.0. The van der Waals surface area contributed by atoms with E-state index < -0.39 is 6.18 Å². The smallest absolute Gasteiger partial charge is 0.372 e. The van der Waals surface area contributed by atoms with Crippen molar-refractivity contribution in [2.24, 2.45) is 4.99 Å². The summed E-state index contributed by atoms with van der Waals surface area (Å²) in [5.41, 5.74) is 3.19. The molecule has 1 aromatic heterocycles. The zero-order chi connectivity index (χ0) is 23.9. The molecule has 0 amide bonds. The maximum atomic E-state index is 10.4. The predicted octanol–water partition coefficient (Wildman–Crippen LogP) is 6.47. The van der Waals surface area contributed by atoms with Crippen molar-refractivity contribution >= 4 is 12.2 Å². The molecule has 1 aliphatic heterocycles. The highest BCUT2D eigenvalue weighted by Crippen LogP contribution is 2.31. The van der Waals surface area contributed by atoms with Gasteiger partial charge in [0, 0.05) is 31.3 Å². The first kappa shape index (κ1) is 27.7. The minimum atomic E-state index is -4.00. The fraction of sp³-hybridized carbons (Fsp3) is 0.348. The van der Waals surface area contributed by atoms with Crippen LogP contribution in [0.5, 0.6) is 0 Å². The lowest BCUT2D eigenvalue weighted by Crippen LogP contribution is -2.11. The molecule has 1 atom stereocenters. The zero-order valence-corrected chi connectivity index (χ0v) is 18.7. The van der Waals surface area contributed by atoms with Gasteiger partial charge < -0.3 is 10.6 Å². The second-order valence-corrected chi connectivity index (χ2v) is 5.58. The van der Waals surface area contributed by atoms with Crippen LogP contribution in [-0.4, -0.2) is 24.5 Å². The number of hydrogen-bond acceptors (Lipinski definition) is 5. The molecule has 2 aromatic rings. The molecule has 168 valence electrons. The van der Waals surface area contributed by atoms with Gasteiger partial charge in [-0.1, -0.05) is 58.0 Å². The van der Waals surface area contributed by atoms with Gasteiger partial charge in [0.1, 0.15) is 17.5 Å². The van der Waals surface area contributed by atoms with E-state index >= 15 is 0 Å². The van der Waals surface area contributed by atoms with Gasteiger partial charge in [0.05, 0.1) is 18.1 Å². The average Bonchev–Trinajstić information content (AvgIpc) is 2.81. The highest BCUT2D eigenvalue weighted by atomic mass is 19.4. The molecular formula is C23H30F3N5. The van der Waals surface area contributed by atoms with E-state index in [1.54, 1.807) is 13.4 Å². The molecule has 0 radical (unpaired) electrons. The number of halogens is 3. The minimum absolute atomic E-state index is 0.187. The summed E-state index contributed by atoms with van der Waals surface area (Å²) in [5, 5.41) is 15.4. The quantitative estimate of drug-likeness (QED) is 0.582. The predicted molar refractivity (Wildman–Crippen MR) is 122 cm³/mol. The summed E-state index contributed by atoms with van der Waals surface area (Å²) in [6.45, 7) is 8.19. The zero-order valence-electron chi connectivity index (χ0n) is 18.7. The third-order valence-electron chi connectivity index (χ3n) is 3.47. The van der Waals surface area contributed by atoms with Crippen LogP contribution in [0.2, 0.25) is 0 Å². The van der Waals surface area contributed by atoms with E-state index in [2.05, 4.69) is 26.7 Å². The van der Waals surface area contributed by atoms with Crippen LogP contribution >= 0.6 is 0 Å². The number of pyridine rings is 1. The van der Waals surface area contributed by atoms with Gasteiger partial charge in [-0.15, -0.1) is 0 Å². The number of nitrogens with one attached hydrogen (secondary N) is 2. The van der Waals surface area contributed by atoms with Gasteiger partial charge in [0.2, 0.25) is 0 Å². The summed E-state index contributed by atoms with van der Waals surface area (Å²) in [7, 11) is 1.77. The van der Waals surface area contributed by atoms with Crippen molar-refractivity contribution in [1.82, 2.24) is 10.3 Å². The normalized spacial score (nSPS) is 13.6. The molecule has 0 saturated heterocycles. The van der Waals surface area contributed by atoms with Crippen molar-refractivity contribution < 1.29 is 13.2 Å². The third kappa shape index (κ3) is 9.81. The standard InChI is InChI=1S/C17H15N5.C2H3F3.2C2H6/c1-19-17-14(10-18)13(15-7-8-20-11-21-15)9-16(22-17)12-5-3-2-4-6-12;1-2(3,4)5;2*1-2/h2-9,11,15H,1H3,(H,19,22)(H,20,21);1H3;2*1-2H3. The van der Waals surface area contributed by atoms with Crippen molar-refractivity contribution in [1.29, 1.82) is 5.26 Å². The van der Waals surface area contributed by atoms with Crippen molar-refractivity contribution in [2.75, 3.05) is 12.4 Å². The SMILES string of the molecule is CC.CC.CC(F)(F)F.CNc1nc(-c2ccccc2)cc(C2C=CNC=N2)c1C#N. The molecule has 3 rings (SSSR count). The Kier molecular flexibility index (Phi) is 13.0. The Balaban J connectivity index is 0.000000867. The molecular weight excluding hydrogens is 403 g/mol. The summed E-state index contributed by atoms with van der Waals surface area (Å²) in [6, 6.07) is 13.9. The number of aliphatic imine (C=N–C) groups is 1. The van der Waals surface area contributed by atoms with Crippen molar-refractivity contribution in [2.45, 2.75) is 46.8 Å². The lowest BCUT2D eigenvalue weighted by molar-refractivity contribution is -0.110. The number of aromatic nitrogens is 1. The summed E-state index contributed by atoms with van der Waals surface area (Å²) in [4.78, 5) is 8.95. The Morgan fingerprint density at radius 3 is 2.13 bits per heavy atom. The van der Waals surface area contributed by atoms with Gasteiger partial charge in [-0.25, -0.2) is 4.98 Å². The molecule has 1 aromatic carbocycles. The minimum Gasteiger partial charge on any atom is -0.372 e. The van der Waals surface area contributed by atoms with E-state index in [1.807, 2.05) is 76.4 Å². The number of nitrogens with zero attached hydrogens (tertiary/aromatic N) is 3. The largest absolute Gasteiger partial charge is 0.386 e. The van der Waals surface area contributed by atoms with Gasteiger partial charge in [0.15, 0.2) is 0 Å². The molecule has 0 spiro atoms. The molecule has 5 nitrogen and oxygen atoms in total. The van der Waals surface area contributed by atoms with Crippen molar-refractivity contribution in [3.63, 3.8) is 0 Å². The molecule has 1 unspecified atom stereocenters. The number of alkyl halides is 3. The average molecular weight is 434 g/mol. The molecule has 8 heteroatoms. The van der Waals surface area contributed by atoms with Gasteiger partial charge in [-0.3, -0.25) is 4.99 Å². The Labute approximate surface area is 182 Å². The van der Waals surface area contributed by atoms with Crippen LogP contribution in [0.1, 0.15) is 51.8 Å². The van der Waals surface area contributed by atoms with E-state index in [4.69, 9.17) is 0 Å². The second-order valence-electron chi connectivity index (χ2n) is 5.58. The topological polar surface area (TPSA) is 73.1 Å². The summed E-state index contributed by atoms with van der Waals surface area (Å²) in [6.07, 6.45) is 1.37. The van der Waals surface area contributed by atoms with Crippen LogP contribution in [0.4, 0.5) is 19.0 Å². The molecule has 31 heavy (non-hydrogen) atoms. The van der Waals surface area contributed by atoms with E-state index in [9.17, 15) is 18.4 Å². The first-order valence-electron chi connectivity index (χ1n) is 10.0. The summed E-state index contributed by atoms with van der Waals surface area (Å²) in [5.74, 6) is 0.570. The molecule has 2 N–H and O–H groups in total. The van der Waals surface area contributed by atoms with Gasteiger partial charge >= 0.3 is 6.18 Å². The van der Waals surface area contributed by atoms with E-state index in [0.29, 0.717) is 11.4 Å². The van der Waals surface area contributed by atoms with Crippen molar-refractivity contribution in [3.8, 4) is 17.3 Å². The molecule has 2 heterocycles.